The molecule has 0 aliphatic heterocycles. The molecule has 2 aromatic carbocycles. The van der Waals surface area contributed by atoms with Gasteiger partial charge in [-0.05, 0) is 61.4 Å². The molecular formula is C20H23NOS. The van der Waals surface area contributed by atoms with Gasteiger partial charge in [0.2, 0.25) is 5.91 Å². The van der Waals surface area contributed by atoms with Gasteiger partial charge in [0.15, 0.2) is 0 Å². The van der Waals surface area contributed by atoms with E-state index < -0.39 is 0 Å². The van der Waals surface area contributed by atoms with E-state index in [4.69, 9.17) is 0 Å². The maximum Gasteiger partial charge on any atom is 0.230 e. The molecule has 1 unspecified atom stereocenters. The molecule has 0 bridgehead atoms. The highest BCUT2D eigenvalue weighted by atomic mass is 32.2. The second-order valence-electron chi connectivity index (χ2n) is 6.33. The molecule has 0 heterocycles. The summed E-state index contributed by atoms with van der Waals surface area (Å²) in [4.78, 5) is 13.5. The van der Waals surface area contributed by atoms with E-state index in [9.17, 15) is 4.79 Å². The number of aryl methyl sites for hydroxylation is 2. The van der Waals surface area contributed by atoms with Gasteiger partial charge in [-0.3, -0.25) is 4.79 Å². The number of amides is 1. The fourth-order valence-corrected chi connectivity index (χ4v) is 3.54. The van der Waals surface area contributed by atoms with Gasteiger partial charge in [0, 0.05) is 4.90 Å². The molecule has 0 radical (unpaired) electrons. The molecule has 1 aliphatic carbocycles. The van der Waals surface area contributed by atoms with Gasteiger partial charge in [0.25, 0.3) is 0 Å². The molecule has 1 aliphatic rings. The molecule has 1 atom stereocenters. The first-order chi connectivity index (χ1) is 11.1. The van der Waals surface area contributed by atoms with Crippen LogP contribution in [-0.4, -0.2) is 11.7 Å². The van der Waals surface area contributed by atoms with Crippen molar-refractivity contribution in [2.75, 3.05) is 5.75 Å². The summed E-state index contributed by atoms with van der Waals surface area (Å²) in [7, 11) is 0. The van der Waals surface area contributed by atoms with E-state index in [-0.39, 0.29) is 11.9 Å². The summed E-state index contributed by atoms with van der Waals surface area (Å²) in [5.74, 6) is 1.19. The van der Waals surface area contributed by atoms with Crippen molar-refractivity contribution in [3.63, 3.8) is 0 Å². The van der Waals surface area contributed by atoms with Gasteiger partial charge in [-0.25, -0.2) is 0 Å². The van der Waals surface area contributed by atoms with Crippen molar-refractivity contribution in [2.45, 2.75) is 37.6 Å². The van der Waals surface area contributed by atoms with Crippen LogP contribution in [0.3, 0.4) is 0 Å². The first-order valence-corrected chi connectivity index (χ1v) is 9.16. The number of carbonyl (C=O) groups is 1. The Morgan fingerprint density at radius 3 is 2.52 bits per heavy atom. The number of rotatable bonds is 6. The Kier molecular flexibility index (Phi) is 5.06. The second-order valence-corrected chi connectivity index (χ2v) is 7.38. The van der Waals surface area contributed by atoms with E-state index in [1.807, 2.05) is 18.2 Å². The van der Waals surface area contributed by atoms with Crippen LogP contribution in [0.5, 0.6) is 0 Å². The van der Waals surface area contributed by atoms with Gasteiger partial charge in [-0.2, -0.15) is 0 Å². The fourth-order valence-electron chi connectivity index (χ4n) is 2.73. The van der Waals surface area contributed by atoms with Crippen LogP contribution in [0.25, 0.3) is 0 Å². The molecule has 1 N–H and O–H groups in total. The zero-order chi connectivity index (χ0) is 16.2. The van der Waals surface area contributed by atoms with E-state index >= 15 is 0 Å². The number of nitrogens with one attached hydrogen (secondary N) is 1. The molecular weight excluding hydrogens is 302 g/mol. The Morgan fingerprint density at radius 1 is 1.13 bits per heavy atom. The van der Waals surface area contributed by atoms with E-state index in [2.05, 4.69) is 49.5 Å². The largest absolute Gasteiger partial charge is 0.348 e. The van der Waals surface area contributed by atoms with Crippen molar-refractivity contribution in [3.05, 3.63) is 65.2 Å². The quantitative estimate of drug-likeness (QED) is 0.782. The van der Waals surface area contributed by atoms with Crippen LogP contribution < -0.4 is 5.32 Å². The maximum absolute atomic E-state index is 12.4. The van der Waals surface area contributed by atoms with Crippen LogP contribution in [-0.2, 0) is 4.79 Å². The first-order valence-electron chi connectivity index (χ1n) is 8.18. The van der Waals surface area contributed by atoms with Crippen LogP contribution >= 0.6 is 11.8 Å². The molecule has 2 aromatic rings. The monoisotopic (exact) mass is 325 g/mol. The smallest absolute Gasteiger partial charge is 0.230 e. The summed E-state index contributed by atoms with van der Waals surface area (Å²) in [6.45, 7) is 4.22. The Hall–Kier alpha value is -1.74. The van der Waals surface area contributed by atoms with Gasteiger partial charge in [-0.1, -0.05) is 36.4 Å². The Labute approximate surface area is 142 Å². The third-order valence-corrected chi connectivity index (χ3v) is 5.41. The summed E-state index contributed by atoms with van der Waals surface area (Å²) < 4.78 is 0. The van der Waals surface area contributed by atoms with E-state index in [1.165, 1.54) is 29.5 Å². The number of hydrogen-bond donors (Lipinski definition) is 1. The van der Waals surface area contributed by atoms with E-state index in [0.29, 0.717) is 11.7 Å². The van der Waals surface area contributed by atoms with Crippen molar-refractivity contribution in [3.8, 4) is 0 Å². The number of thioether (sulfide) groups is 1. The minimum absolute atomic E-state index is 0.119. The van der Waals surface area contributed by atoms with E-state index in [1.54, 1.807) is 11.8 Å². The topological polar surface area (TPSA) is 29.1 Å². The van der Waals surface area contributed by atoms with Crippen molar-refractivity contribution in [1.82, 2.24) is 5.32 Å². The molecule has 0 spiro atoms. The highest BCUT2D eigenvalue weighted by molar-refractivity contribution is 8.00. The molecule has 3 heteroatoms. The van der Waals surface area contributed by atoms with Gasteiger partial charge >= 0.3 is 0 Å². The molecule has 120 valence electrons. The zero-order valence-electron chi connectivity index (χ0n) is 13.7. The second kappa shape index (κ2) is 7.22. The normalized spacial score (nSPS) is 15.2. The summed E-state index contributed by atoms with van der Waals surface area (Å²) in [5.41, 5.74) is 3.78. The van der Waals surface area contributed by atoms with Crippen LogP contribution in [0.1, 0.15) is 35.6 Å². The molecule has 1 amide bonds. The third kappa shape index (κ3) is 4.38. The number of benzene rings is 2. The standard InChI is InChI=1S/C20H23NOS/c1-14-8-11-18(12-15(14)2)23-13-19(22)21-20(17-9-10-17)16-6-4-3-5-7-16/h3-8,11-12,17,20H,9-10,13H2,1-2H3,(H,21,22). The highest BCUT2D eigenvalue weighted by Gasteiger charge is 2.33. The summed E-state index contributed by atoms with van der Waals surface area (Å²) in [6.07, 6.45) is 2.42. The van der Waals surface area contributed by atoms with Crippen molar-refractivity contribution < 1.29 is 4.79 Å². The Morgan fingerprint density at radius 2 is 1.87 bits per heavy atom. The highest BCUT2D eigenvalue weighted by Crippen LogP contribution is 2.41. The fraction of sp³-hybridized carbons (Fsp3) is 0.350. The number of carbonyl (C=O) groups excluding carboxylic acids is 1. The third-order valence-electron chi connectivity index (χ3n) is 4.42. The average molecular weight is 325 g/mol. The summed E-state index contributed by atoms with van der Waals surface area (Å²) in [5, 5.41) is 3.23. The van der Waals surface area contributed by atoms with Crippen molar-refractivity contribution >= 4 is 17.7 Å². The van der Waals surface area contributed by atoms with Gasteiger partial charge in [0.1, 0.15) is 0 Å². The lowest BCUT2D eigenvalue weighted by Gasteiger charge is -2.18. The summed E-state index contributed by atoms with van der Waals surface area (Å²) in [6, 6.07) is 16.9. The van der Waals surface area contributed by atoms with Crippen molar-refractivity contribution in [1.29, 1.82) is 0 Å². The predicted octanol–water partition coefficient (Wildman–Crippen LogP) is 4.66. The first kappa shape index (κ1) is 16.1. The molecule has 1 saturated carbocycles. The van der Waals surface area contributed by atoms with Gasteiger partial charge in [0.05, 0.1) is 11.8 Å². The maximum atomic E-state index is 12.4. The number of hydrogen-bond acceptors (Lipinski definition) is 2. The van der Waals surface area contributed by atoms with Crippen LogP contribution in [0.2, 0.25) is 0 Å². The Balaban J connectivity index is 1.58. The van der Waals surface area contributed by atoms with Gasteiger partial charge < -0.3 is 5.32 Å². The van der Waals surface area contributed by atoms with E-state index in [0.717, 1.165) is 4.90 Å². The summed E-state index contributed by atoms with van der Waals surface area (Å²) >= 11 is 1.61. The molecule has 2 nitrogen and oxygen atoms in total. The predicted molar refractivity (Wildman–Crippen MR) is 96.7 cm³/mol. The van der Waals surface area contributed by atoms with Crippen molar-refractivity contribution in [2.24, 2.45) is 5.92 Å². The molecule has 23 heavy (non-hydrogen) atoms. The van der Waals surface area contributed by atoms with Crippen LogP contribution in [0.15, 0.2) is 53.4 Å². The Bertz CT molecular complexity index is 679. The minimum atomic E-state index is 0.119. The molecule has 1 fully saturated rings. The van der Waals surface area contributed by atoms with Crippen LogP contribution in [0, 0.1) is 19.8 Å². The average Bonchev–Trinajstić information content (AvgIpc) is 3.39. The molecule has 0 aromatic heterocycles. The van der Waals surface area contributed by atoms with Crippen LogP contribution in [0.4, 0.5) is 0 Å². The SMILES string of the molecule is Cc1ccc(SCC(=O)NC(c2ccccc2)C2CC2)cc1C. The molecule has 3 rings (SSSR count). The minimum Gasteiger partial charge on any atom is -0.348 e. The molecule has 0 saturated heterocycles. The lowest BCUT2D eigenvalue weighted by molar-refractivity contribution is -0.119. The lowest BCUT2D eigenvalue weighted by atomic mass is 10.0. The lowest BCUT2D eigenvalue weighted by Crippen LogP contribution is -2.31. The zero-order valence-corrected chi connectivity index (χ0v) is 14.5. The van der Waals surface area contributed by atoms with Gasteiger partial charge in [-0.15, -0.1) is 11.8 Å².